The number of aliphatic hydroxyl groups is 1. The molecule has 354 valence electrons. The van der Waals surface area contributed by atoms with Crippen LogP contribution in [-0.2, 0) is 59.4 Å². The summed E-state index contributed by atoms with van der Waals surface area (Å²) in [4.78, 5) is 76.6. The molecule has 2 aromatic heterocycles. The molecule has 17 nitrogen and oxygen atoms in total. The zero-order valence-electron chi connectivity index (χ0n) is 39.2. The van der Waals surface area contributed by atoms with Crippen LogP contribution in [0.2, 0.25) is 0 Å². The van der Waals surface area contributed by atoms with E-state index in [2.05, 4.69) is 58.5 Å². The maximum absolute atomic E-state index is 14.7. The molecule has 66 heavy (non-hydrogen) atoms. The van der Waals surface area contributed by atoms with Crippen LogP contribution in [0, 0.1) is 11.3 Å². The van der Waals surface area contributed by atoms with Crippen molar-refractivity contribution in [2.75, 3.05) is 47.5 Å². The number of hydrogen-bond acceptors (Lipinski definition) is 12. The fraction of sp³-hybridized carbons (Fsp3) is 0.510. The number of fused-ring (bicyclic) bond motifs is 6. The second kappa shape index (κ2) is 19.9. The molecule has 0 spiro atoms. The van der Waals surface area contributed by atoms with Crippen LogP contribution < -0.4 is 16.1 Å². The lowest BCUT2D eigenvalue weighted by Crippen LogP contribution is -2.62. The maximum atomic E-state index is 14.7. The molecule has 5 N–H and O–H groups in total. The van der Waals surface area contributed by atoms with Crippen molar-refractivity contribution in [1.29, 1.82) is 0 Å². The van der Waals surface area contributed by atoms with E-state index in [1.54, 1.807) is 39.3 Å². The Labute approximate surface area is 385 Å². The molecule has 2 fully saturated rings. The van der Waals surface area contributed by atoms with Crippen molar-refractivity contribution in [3.8, 4) is 28.1 Å². The summed E-state index contributed by atoms with van der Waals surface area (Å²) in [5.41, 5.74) is 9.58. The van der Waals surface area contributed by atoms with E-state index in [0.717, 1.165) is 38.9 Å². The van der Waals surface area contributed by atoms with Crippen molar-refractivity contribution in [1.82, 2.24) is 40.4 Å². The molecule has 0 saturated carbocycles. The number of hydrogen-bond donors (Lipinski definition) is 5. The number of rotatable bonds is 12. The first-order chi connectivity index (χ1) is 31.4. The van der Waals surface area contributed by atoms with E-state index < -0.39 is 59.2 Å². The lowest BCUT2D eigenvalue weighted by Gasteiger charge is -2.37. The van der Waals surface area contributed by atoms with E-state index in [0.29, 0.717) is 43.5 Å². The molecule has 0 aliphatic carbocycles. The van der Waals surface area contributed by atoms with Crippen molar-refractivity contribution < 1.29 is 43.7 Å². The van der Waals surface area contributed by atoms with Crippen LogP contribution in [0.1, 0.15) is 64.2 Å². The third-order valence-electron chi connectivity index (χ3n) is 12.9. The molecule has 0 radical (unpaired) electrons. The van der Waals surface area contributed by atoms with Crippen molar-refractivity contribution in [2.45, 2.75) is 104 Å². The summed E-state index contributed by atoms with van der Waals surface area (Å²) < 4.78 is 14.0. The van der Waals surface area contributed by atoms with Gasteiger partial charge in [-0.2, -0.15) is 0 Å². The number of aliphatic hydroxyl groups excluding tert-OH is 1. The fourth-order valence-corrected chi connectivity index (χ4v) is 9.48. The fourth-order valence-electron chi connectivity index (χ4n) is 9.48. The van der Waals surface area contributed by atoms with Crippen molar-refractivity contribution in [2.24, 2.45) is 11.3 Å². The van der Waals surface area contributed by atoms with Crippen LogP contribution in [0.3, 0.4) is 0 Å². The number of benzene rings is 2. The third-order valence-corrected chi connectivity index (χ3v) is 12.9. The van der Waals surface area contributed by atoms with Gasteiger partial charge in [-0.15, -0.1) is 0 Å². The van der Waals surface area contributed by atoms with E-state index in [1.807, 2.05) is 24.4 Å². The van der Waals surface area contributed by atoms with Crippen LogP contribution >= 0.6 is 0 Å². The zero-order chi connectivity index (χ0) is 47.6. The lowest BCUT2D eigenvalue weighted by atomic mass is 9.84. The molecule has 2 saturated heterocycles. The Bertz CT molecular complexity index is 2490. The normalized spacial score (nSPS) is 21.2. The smallest absolute Gasteiger partial charge is 0.324 e. The first-order valence-corrected chi connectivity index (χ1v) is 22.8. The number of esters is 1. The van der Waals surface area contributed by atoms with Gasteiger partial charge in [0.05, 0.1) is 38.1 Å². The number of cyclic esters (lactones) is 1. The summed E-state index contributed by atoms with van der Waals surface area (Å²) in [5.74, 6) is -2.87. The first kappa shape index (κ1) is 48.1. The van der Waals surface area contributed by atoms with Gasteiger partial charge >= 0.3 is 5.97 Å². The number of pyridine rings is 1. The number of aryl methyl sites for hydroxylation is 1. The molecule has 6 bridgehead atoms. The van der Waals surface area contributed by atoms with Gasteiger partial charge in [0.1, 0.15) is 29.9 Å². The second-order valence-electron chi connectivity index (χ2n) is 19.0. The summed E-state index contributed by atoms with van der Waals surface area (Å²) in [6.07, 6.45) is 5.03. The SMILES string of the molecule is CCn1c(-c2cnccc2COC)c2c3cc(ccc31)-c1cc(O)cc(c1)C[C@H](NC(=O)[C@H](C(C)C)N(C)C(=O)CN(C)C(=O)[C@@H]1N[C@@H]1CO)C(=O)N1CCC[C@H](N1)C(=O)OCC(C)(C)C2. The topological polar surface area (TPSA) is 218 Å². The van der Waals surface area contributed by atoms with Gasteiger partial charge < -0.3 is 39.4 Å². The predicted octanol–water partition coefficient (Wildman–Crippen LogP) is 3.16. The summed E-state index contributed by atoms with van der Waals surface area (Å²) >= 11 is 0. The number of hydrazine groups is 1. The van der Waals surface area contributed by atoms with Gasteiger partial charge in [0.2, 0.25) is 17.7 Å². The predicted molar refractivity (Wildman–Crippen MR) is 247 cm³/mol. The number of ether oxygens (including phenoxy) is 2. The Morgan fingerprint density at radius 3 is 2.56 bits per heavy atom. The van der Waals surface area contributed by atoms with Gasteiger partial charge in [0, 0.05) is 75.0 Å². The van der Waals surface area contributed by atoms with E-state index >= 15 is 0 Å². The van der Waals surface area contributed by atoms with E-state index in [-0.39, 0.29) is 50.4 Å². The highest BCUT2D eigenvalue weighted by Gasteiger charge is 2.44. The number of methoxy groups -OCH3 is 1. The highest BCUT2D eigenvalue weighted by Crippen LogP contribution is 2.41. The molecule has 3 aliphatic rings. The van der Waals surface area contributed by atoms with Crippen molar-refractivity contribution in [3.05, 3.63) is 71.5 Å². The number of aromatic nitrogens is 2. The number of likely N-dealkylation sites (N-methyl/N-ethyl adjacent to an activating group) is 2. The van der Waals surface area contributed by atoms with E-state index in [1.165, 1.54) is 28.9 Å². The monoisotopic (exact) mass is 908 g/mol. The van der Waals surface area contributed by atoms with Crippen LogP contribution in [0.15, 0.2) is 54.9 Å². The maximum Gasteiger partial charge on any atom is 0.324 e. The Morgan fingerprint density at radius 1 is 1.09 bits per heavy atom. The molecule has 4 amide bonds. The molecule has 5 heterocycles. The number of nitrogens with one attached hydrogen (secondary N) is 3. The molecule has 2 aromatic carbocycles. The number of aromatic hydroxyl groups is 1. The lowest BCUT2D eigenvalue weighted by molar-refractivity contribution is -0.155. The van der Waals surface area contributed by atoms with Gasteiger partial charge in [0.15, 0.2) is 0 Å². The average Bonchev–Trinajstić information content (AvgIpc) is 4.02. The highest BCUT2D eigenvalue weighted by atomic mass is 16.5. The standard InChI is InChI=1S/C49H64N8O9/c1-9-56-40-13-12-30-21-34(40)35(44(56)36-23-50-15-14-31(36)26-65-8)22-49(4,5)27-66-48(64)37-11-10-16-57(53-37)46(62)38(19-29-17-32(30)20-33(59)18-29)52-45(61)43(28(2)3)55(7)41(60)24-54(6)47(63)42-39(25-58)51-42/h12-15,17-18,20-21,23,28,37-39,42-43,51,53,58-59H,9-11,16,19,22,24-27H2,1-8H3,(H,52,61)/t37-,38-,39+,42+,43-/m0/s1. The molecular weight excluding hydrogens is 845 g/mol. The van der Waals surface area contributed by atoms with Gasteiger partial charge in [-0.1, -0.05) is 39.8 Å². The Hall–Kier alpha value is -5.88. The molecule has 5 atom stereocenters. The number of phenolic OH excluding ortho intramolecular Hbond substituents is 1. The Morgan fingerprint density at radius 2 is 1.86 bits per heavy atom. The molecule has 3 aliphatic heterocycles. The molecule has 7 rings (SSSR count). The number of phenols is 1. The minimum absolute atomic E-state index is 0.0306. The Balaban J connectivity index is 1.28. The summed E-state index contributed by atoms with van der Waals surface area (Å²) in [5, 5.41) is 28.9. The highest BCUT2D eigenvalue weighted by molar-refractivity contribution is 5.96. The Kier molecular flexibility index (Phi) is 14.5. The molecule has 0 unspecified atom stereocenters. The van der Waals surface area contributed by atoms with Crippen molar-refractivity contribution >= 4 is 40.5 Å². The minimum atomic E-state index is -1.20. The third kappa shape index (κ3) is 10.2. The van der Waals surface area contributed by atoms with Crippen LogP contribution in [0.25, 0.3) is 33.3 Å². The van der Waals surface area contributed by atoms with Crippen molar-refractivity contribution in [3.63, 3.8) is 0 Å². The molecule has 4 aromatic rings. The minimum Gasteiger partial charge on any atom is -0.508 e. The molecular formula is C49H64N8O9. The van der Waals surface area contributed by atoms with E-state index in [4.69, 9.17) is 9.47 Å². The quantitative estimate of drug-likeness (QED) is 0.102. The van der Waals surface area contributed by atoms with Gasteiger partial charge in [-0.05, 0) is 90.3 Å². The van der Waals surface area contributed by atoms with E-state index in [9.17, 15) is 34.2 Å². The summed E-state index contributed by atoms with van der Waals surface area (Å²) in [6, 6.07) is 9.27. The average molecular weight is 909 g/mol. The first-order valence-electron chi connectivity index (χ1n) is 22.8. The molecule has 17 heteroatoms. The van der Waals surface area contributed by atoms with Crippen LogP contribution in [-0.4, -0.2) is 142 Å². The zero-order valence-corrected chi connectivity index (χ0v) is 39.2. The van der Waals surface area contributed by atoms with Gasteiger partial charge in [-0.3, -0.25) is 39.3 Å². The van der Waals surface area contributed by atoms with Gasteiger partial charge in [-0.25, -0.2) is 5.43 Å². The van der Waals surface area contributed by atoms with Crippen LogP contribution in [0.5, 0.6) is 5.75 Å². The summed E-state index contributed by atoms with van der Waals surface area (Å²) in [6.45, 7) is 10.7. The largest absolute Gasteiger partial charge is 0.508 e. The second-order valence-corrected chi connectivity index (χ2v) is 19.0. The number of nitrogens with zero attached hydrogens (tertiary/aromatic N) is 5. The number of amides is 4. The number of carbonyl (C=O) groups excluding carboxylic acids is 5. The van der Waals surface area contributed by atoms with Crippen LogP contribution in [0.4, 0.5) is 0 Å². The number of carbonyl (C=O) groups is 5. The van der Waals surface area contributed by atoms with Gasteiger partial charge in [0.25, 0.3) is 5.91 Å². The summed E-state index contributed by atoms with van der Waals surface area (Å²) in [7, 11) is 4.64.